The molecule has 0 radical (unpaired) electrons. The summed E-state index contributed by atoms with van der Waals surface area (Å²) in [4.78, 5) is 24.5. The molecule has 2 unspecified atom stereocenters. The van der Waals surface area contributed by atoms with Gasteiger partial charge in [-0.3, -0.25) is 0 Å². The summed E-state index contributed by atoms with van der Waals surface area (Å²) >= 11 is 0. The molecule has 0 aromatic heterocycles. The number of carbonyl (C=O) groups is 2. The predicted molar refractivity (Wildman–Crippen MR) is 93.3 cm³/mol. The molecule has 2 amide bonds. The second kappa shape index (κ2) is 9.07. The number of ether oxygens (including phenoxy) is 1. The van der Waals surface area contributed by atoms with Crippen molar-refractivity contribution in [1.29, 1.82) is 5.26 Å². The van der Waals surface area contributed by atoms with E-state index in [2.05, 4.69) is 16.7 Å². The Bertz CT molecular complexity index is 621. The van der Waals surface area contributed by atoms with Crippen LogP contribution in [0.4, 0.5) is 4.79 Å². The summed E-state index contributed by atoms with van der Waals surface area (Å²) in [5.74, 6) is -0.308. The molecule has 2 atom stereocenters. The highest BCUT2D eigenvalue weighted by atomic mass is 16.5. The molecule has 0 saturated heterocycles. The highest BCUT2D eigenvalue weighted by Gasteiger charge is 2.36. The van der Waals surface area contributed by atoms with E-state index in [-0.39, 0.29) is 24.4 Å². The second-order valence-corrected chi connectivity index (χ2v) is 6.71. The van der Waals surface area contributed by atoms with Gasteiger partial charge in [-0.25, -0.2) is 9.59 Å². The zero-order valence-electron chi connectivity index (χ0n) is 14.7. The number of carbonyl (C=O) groups excluding carboxylic acids is 2. The number of amides is 2. The van der Waals surface area contributed by atoms with Crippen molar-refractivity contribution in [2.24, 2.45) is 11.8 Å². The third kappa shape index (κ3) is 6.11. The van der Waals surface area contributed by atoms with Crippen molar-refractivity contribution in [3.05, 3.63) is 35.9 Å². The van der Waals surface area contributed by atoms with Crippen molar-refractivity contribution in [2.45, 2.75) is 51.8 Å². The monoisotopic (exact) mass is 343 g/mol. The lowest BCUT2D eigenvalue weighted by atomic mass is 10.0. The SMILES string of the molecule is CC(C)C(NC(=O)NCc1ccccc1)C(=O)OC(CC#N)C1CC1. The molecule has 1 aliphatic carbocycles. The van der Waals surface area contributed by atoms with Crippen molar-refractivity contribution in [1.82, 2.24) is 10.6 Å². The van der Waals surface area contributed by atoms with E-state index in [0.717, 1.165) is 18.4 Å². The Balaban J connectivity index is 1.87. The first-order valence-corrected chi connectivity index (χ1v) is 8.67. The number of nitriles is 1. The van der Waals surface area contributed by atoms with Crippen LogP contribution in [-0.2, 0) is 16.1 Å². The van der Waals surface area contributed by atoms with Gasteiger partial charge in [0.25, 0.3) is 0 Å². The van der Waals surface area contributed by atoms with Crippen LogP contribution in [0.1, 0.15) is 38.7 Å². The average molecular weight is 343 g/mol. The molecule has 2 N–H and O–H groups in total. The summed E-state index contributed by atoms with van der Waals surface area (Å²) in [5.41, 5.74) is 0.976. The Morgan fingerprint density at radius 1 is 1.28 bits per heavy atom. The Labute approximate surface area is 148 Å². The molecule has 1 aromatic rings. The van der Waals surface area contributed by atoms with Crippen molar-refractivity contribution >= 4 is 12.0 Å². The van der Waals surface area contributed by atoms with Crippen LogP contribution >= 0.6 is 0 Å². The molecule has 1 saturated carbocycles. The lowest BCUT2D eigenvalue weighted by molar-refractivity contribution is -0.153. The summed E-state index contributed by atoms with van der Waals surface area (Å²) in [6, 6.07) is 10.4. The zero-order chi connectivity index (χ0) is 18.2. The average Bonchev–Trinajstić information content (AvgIpc) is 3.43. The summed E-state index contributed by atoms with van der Waals surface area (Å²) in [6.07, 6.45) is 1.79. The standard InChI is InChI=1S/C19H25N3O3/c1-13(2)17(18(23)25-16(10-11-20)15-8-9-15)22-19(24)21-12-14-6-4-3-5-7-14/h3-7,13,15-17H,8-10,12H2,1-2H3,(H2,21,22,24). The molecular formula is C19H25N3O3. The van der Waals surface area contributed by atoms with Crippen LogP contribution in [0.5, 0.6) is 0 Å². The molecule has 1 fully saturated rings. The number of nitrogens with zero attached hydrogens (tertiary/aromatic N) is 1. The van der Waals surface area contributed by atoms with Crippen LogP contribution in [0.2, 0.25) is 0 Å². The number of hydrogen-bond donors (Lipinski definition) is 2. The van der Waals surface area contributed by atoms with E-state index in [4.69, 9.17) is 10.00 Å². The Morgan fingerprint density at radius 3 is 2.52 bits per heavy atom. The van der Waals surface area contributed by atoms with Crippen LogP contribution in [0.3, 0.4) is 0 Å². The first-order chi connectivity index (χ1) is 12.0. The van der Waals surface area contributed by atoms with Crippen molar-refractivity contribution < 1.29 is 14.3 Å². The maximum atomic E-state index is 12.4. The topological polar surface area (TPSA) is 91.2 Å². The number of nitrogens with one attached hydrogen (secondary N) is 2. The van der Waals surface area contributed by atoms with Crippen molar-refractivity contribution in [2.75, 3.05) is 0 Å². The van der Waals surface area contributed by atoms with Gasteiger partial charge in [-0.2, -0.15) is 5.26 Å². The fourth-order valence-electron chi connectivity index (χ4n) is 2.55. The van der Waals surface area contributed by atoms with Crippen LogP contribution in [0.15, 0.2) is 30.3 Å². The van der Waals surface area contributed by atoms with Crippen molar-refractivity contribution in [3.8, 4) is 6.07 Å². The fraction of sp³-hybridized carbons (Fsp3) is 0.526. The van der Waals surface area contributed by atoms with Gasteiger partial charge < -0.3 is 15.4 Å². The van der Waals surface area contributed by atoms with E-state index in [0.29, 0.717) is 6.54 Å². The van der Waals surface area contributed by atoms with Gasteiger partial charge in [0.1, 0.15) is 12.1 Å². The zero-order valence-corrected chi connectivity index (χ0v) is 14.7. The first-order valence-electron chi connectivity index (χ1n) is 8.67. The molecule has 1 aliphatic rings. The van der Waals surface area contributed by atoms with Gasteiger partial charge in [-0.15, -0.1) is 0 Å². The minimum absolute atomic E-state index is 0.114. The third-order valence-electron chi connectivity index (χ3n) is 4.21. The van der Waals surface area contributed by atoms with E-state index in [1.165, 1.54) is 0 Å². The van der Waals surface area contributed by atoms with Crippen LogP contribution in [0.25, 0.3) is 0 Å². The lowest BCUT2D eigenvalue weighted by Crippen LogP contribution is -2.49. The molecule has 0 bridgehead atoms. The van der Waals surface area contributed by atoms with Gasteiger partial charge >= 0.3 is 12.0 Å². The van der Waals surface area contributed by atoms with Gasteiger partial charge in [0.2, 0.25) is 0 Å². The third-order valence-corrected chi connectivity index (χ3v) is 4.21. The highest BCUT2D eigenvalue weighted by Crippen LogP contribution is 2.36. The molecule has 2 rings (SSSR count). The van der Waals surface area contributed by atoms with Gasteiger partial charge in [0, 0.05) is 6.54 Å². The Hall–Kier alpha value is -2.55. The summed E-state index contributed by atoms with van der Waals surface area (Å²) in [5, 5.41) is 14.3. The molecule has 0 spiro atoms. The van der Waals surface area contributed by atoms with E-state index in [1.807, 2.05) is 44.2 Å². The van der Waals surface area contributed by atoms with Gasteiger partial charge in [-0.05, 0) is 30.2 Å². The normalized spacial score (nSPS) is 15.8. The minimum atomic E-state index is -0.740. The molecule has 6 heteroatoms. The second-order valence-electron chi connectivity index (χ2n) is 6.71. The predicted octanol–water partition coefficient (Wildman–Crippen LogP) is 2.75. The highest BCUT2D eigenvalue weighted by molar-refractivity contribution is 5.83. The van der Waals surface area contributed by atoms with Crippen molar-refractivity contribution in [3.63, 3.8) is 0 Å². The van der Waals surface area contributed by atoms with E-state index in [9.17, 15) is 9.59 Å². The smallest absolute Gasteiger partial charge is 0.329 e. The van der Waals surface area contributed by atoms with Crippen LogP contribution < -0.4 is 10.6 Å². The maximum Gasteiger partial charge on any atom is 0.329 e. The number of hydrogen-bond acceptors (Lipinski definition) is 4. The van der Waals surface area contributed by atoms with Gasteiger partial charge in [0.15, 0.2) is 0 Å². The molecule has 1 aromatic carbocycles. The summed E-state index contributed by atoms with van der Waals surface area (Å²) in [6.45, 7) is 4.07. The fourth-order valence-corrected chi connectivity index (χ4v) is 2.55. The van der Waals surface area contributed by atoms with Crippen LogP contribution in [-0.4, -0.2) is 24.1 Å². The maximum absolute atomic E-state index is 12.4. The Morgan fingerprint density at radius 2 is 1.96 bits per heavy atom. The largest absolute Gasteiger partial charge is 0.459 e. The quantitative estimate of drug-likeness (QED) is 0.710. The molecular weight excluding hydrogens is 318 g/mol. The molecule has 134 valence electrons. The number of urea groups is 1. The lowest BCUT2D eigenvalue weighted by Gasteiger charge is -2.24. The molecule has 6 nitrogen and oxygen atoms in total. The summed E-state index contributed by atoms with van der Waals surface area (Å²) in [7, 11) is 0. The van der Waals surface area contributed by atoms with E-state index < -0.39 is 18.0 Å². The van der Waals surface area contributed by atoms with E-state index >= 15 is 0 Å². The van der Waals surface area contributed by atoms with E-state index in [1.54, 1.807) is 0 Å². The number of rotatable bonds is 8. The molecule has 25 heavy (non-hydrogen) atoms. The first kappa shape index (κ1) is 18.8. The number of benzene rings is 1. The van der Waals surface area contributed by atoms with Gasteiger partial charge in [0.05, 0.1) is 12.5 Å². The molecule has 0 heterocycles. The Kier molecular flexibility index (Phi) is 6.81. The summed E-state index contributed by atoms with van der Waals surface area (Å²) < 4.78 is 5.50. The minimum Gasteiger partial charge on any atom is -0.459 e. The number of esters is 1. The van der Waals surface area contributed by atoms with Gasteiger partial charge in [-0.1, -0.05) is 44.2 Å². The molecule has 0 aliphatic heterocycles. The van der Waals surface area contributed by atoms with Crippen LogP contribution in [0, 0.1) is 23.2 Å².